The van der Waals surface area contributed by atoms with Crippen LogP contribution in [0, 0.1) is 0 Å². The monoisotopic (exact) mass is 361 g/mol. The third-order valence-electron chi connectivity index (χ3n) is 5.33. The van der Waals surface area contributed by atoms with Crippen LogP contribution >= 0.6 is 0 Å². The quantitative estimate of drug-likeness (QED) is 0.834. The zero-order valence-electron chi connectivity index (χ0n) is 15.8. The van der Waals surface area contributed by atoms with Gasteiger partial charge in [0.05, 0.1) is 6.54 Å². The lowest BCUT2D eigenvalue weighted by Gasteiger charge is -2.41. The fraction of sp³-hybridized carbons (Fsp3) is 0.667. The summed E-state index contributed by atoms with van der Waals surface area (Å²) >= 11 is 0. The number of fused-ring (bicyclic) bond motifs is 1. The van der Waals surface area contributed by atoms with E-state index in [-0.39, 0.29) is 42.0 Å². The molecule has 142 valence electrons. The first-order valence-corrected chi connectivity index (χ1v) is 9.20. The summed E-state index contributed by atoms with van der Waals surface area (Å²) in [6, 6.07) is 1.64. The van der Waals surface area contributed by atoms with Crippen LogP contribution in [-0.2, 0) is 11.3 Å². The number of nitrogens with zero attached hydrogens (tertiary/aromatic N) is 3. The Kier molecular flexibility index (Phi) is 4.77. The number of nitrogens with one attached hydrogen (secondary N) is 2. The Bertz CT molecular complexity index is 735. The highest BCUT2D eigenvalue weighted by Gasteiger charge is 2.46. The topological polar surface area (TPSA) is 96.3 Å². The molecule has 1 aliphatic heterocycles. The molecule has 8 heteroatoms. The molecule has 2 aliphatic rings. The maximum absolute atomic E-state index is 12.9. The van der Waals surface area contributed by atoms with Gasteiger partial charge in [-0.2, -0.15) is 5.10 Å². The zero-order valence-corrected chi connectivity index (χ0v) is 15.8. The predicted molar refractivity (Wildman–Crippen MR) is 95.7 cm³/mol. The van der Waals surface area contributed by atoms with Crippen LogP contribution in [0.25, 0.3) is 0 Å². The summed E-state index contributed by atoms with van der Waals surface area (Å²) < 4.78 is 1.48. The van der Waals surface area contributed by atoms with Crippen molar-refractivity contribution in [3.8, 4) is 0 Å². The van der Waals surface area contributed by atoms with Crippen molar-refractivity contribution < 1.29 is 14.4 Å². The maximum Gasteiger partial charge on any atom is 0.272 e. The average Bonchev–Trinajstić information content (AvgIpc) is 3.21. The van der Waals surface area contributed by atoms with Gasteiger partial charge in [0.2, 0.25) is 5.91 Å². The predicted octanol–water partition coefficient (Wildman–Crippen LogP) is 0.924. The minimum atomic E-state index is -1.04. The van der Waals surface area contributed by atoms with Crippen molar-refractivity contribution in [2.24, 2.45) is 0 Å². The second kappa shape index (κ2) is 6.74. The van der Waals surface area contributed by atoms with Crippen molar-refractivity contribution in [2.75, 3.05) is 7.05 Å². The van der Waals surface area contributed by atoms with E-state index in [0.717, 1.165) is 25.7 Å². The zero-order chi connectivity index (χ0) is 19.1. The van der Waals surface area contributed by atoms with Gasteiger partial charge < -0.3 is 15.5 Å². The molecule has 0 aromatic carbocycles. The summed E-state index contributed by atoms with van der Waals surface area (Å²) in [6.45, 7) is 5.68. The van der Waals surface area contributed by atoms with E-state index in [1.165, 1.54) is 15.6 Å². The van der Waals surface area contributed by atoms with Gasteiger partial charge in [0, 0.05) is 25.2 Å². The molecule has 0 spiro atoms. The standard InChI is InChI=1S/C18H27N5O3/c1-11(2)19-15(24)13-9-14-16(25)22(4)18(3,10-23(14)21-13)17(26)20-12-7-5-6-8-12/h9,11-12H,5-8,10H2,1-4H3,(H,19,24)(H,20,26). The summed E-state index contributed by atoms with van der Waals surface area (Å²) in [7, 11) is 1.63. The summed E-state index contributed by atoms with van der Waals surface area (Å²) in [5, 5.41) is 10.1. The van der Waals surface area contributed by atoms with E-state index in [4.69, 9.17) is 0 Å². The highest BCUT2D eigenvalue weighted by Crippen LogP contribution is 2.27. The summed E-state index contributed by atoms with van der Waals surface area (Å²) in [4.78, 5) is 39.3. The normalized spacial score (nSPS) is 23.3. The molecule has 1 atom stereocenters. The van der Waals surface area contributed by atoms with Crippen molar-refractivity contribution >= 4 is 17.7 Å². The van der Waals surface area contributed by atoms with Gasteiger partial charge in [0.1, 0.15) is 11.2 Å². The number of carbonyl (C=O) groups is 3. The van der Waals surface area contributed by atoms with Gasteiger partial charge in [-0.1, -0.05) is 12.8 Å². The maximum atomic E-state index is 12.9. The van der Waals surface area contributed by atoms with E-state index in [1.807, 2.05) is 13.8 Å². The van der Waals surface area contributed by atoms with Gasteiger partial charge in [-0.25, -0.2) is 0 Å². The lowest BCUT2D eigenvalue weighted by atomic mass is 9.95. The van der Waals surface area contributed by atoms with Crippen LogP contribution in [0.4, 0.5) is 0 Å². The molecule has 3 amide bonds. The van der Waals surface area contributed by atoms with Crippen LogP contribution in [0.2, 0.25) is 0 Å². The van der Waals surface area contributed by atoms with Gasteiger partial charge >= 0.3 is 0 Å². The number of amides is 3. The van der Waals surface area contributed by atoms with E-state index in [2.05, 4.69) is 15.7 Å². The van der Waals surface area contributed by atoms with Crippen molar-refractivity contribution in [3.05, 3.63) is 17.5 Å². The average molecular weight is 361 g/mol. The number of likely N-dealkylation sites (N-methyl/N-ethyl adjacent to an activating group) is 1. The molecule has 26 heavy (non-hydrogen) atoms. The van der Waals surface area contributed by atoms with Crippen LogP contribution in [0.3, 0.4) is 0 Å². The molecule has 1 saturated carbocycles. The molecule has 2 heterocycles. The fourth-order valence-electron chi connectivity index (χ4n) is 3.59. The van der Waals surface area contributed by atoms with Crippen molar-refractivity contribution in [1.82, 2.24) is 25.3 Å². The van der Waals surface area contributed by atoms with Crippen LogP contribution in [0.5, 0.6) is 0 Å². The minimum absolute atomic E-state index is 0.0259. The van der Waals surface area contributed by atoms with Crippen LogP contribution < -0.4 is 10.6 Å². The molecule has 1 aliphatic carbocycles. The van der Waals surface area contributed by atoms with E-state index in [1.54, 1.807) is 14.0 Å². The summed E-state index contributed by atoms with van der Waals surface area (Å²) in [6.07, 6.45) is 4.19. The highest BCUT2D eigenvalue weighted by molar-refractivity contribution is 6.01. The minimum Gasteiger partial charge on any atom is -0.351 e. The molecule has 1 aromatic rings. The molecule has 2 N–H and O–H groups in total. The van der Waals surface area contributed by atoms with E-state index >= 15 is 0 Å². The Morgan fingerprint density at radius 3 is 2.58 bits per heavy atom. The molecular formula is C18H27N5O3. The molecule has 3 rings (SSSR count). The third kappa shape index (κ3) is 3.20. The molecule has 0 radical (unpaired) electrons. The smallest absolute Gasteiger partial charge is 0.272 e. The Balaban J connectivity index is 1.84. The number of carbonyl (C=O) groups excluding carboxylic acids is 3. The Labute approximate surface area is 153 Å². The molecule has 8 nitrogen and oxygen atoms in total. The van der Waals surface area contributed by atoms with Gasteiger partial charge in [-0.3, -0.25) is 19.1 Å². The van der Waals surface area contributed by atoms with Gasteiger partial charge in [0.25, 0.3) is 11.8 Å². The first kappa shape index (κ1) is 18.4. The van der Waals surface area contributed by atoms with Crippen molar-refractivity contribution in [3.63, 3.8) is 0 Å². The van der Waals surface area contributed by atoms with E-state index in [0.29, 0.717) is 5.69 Å². The molecule has 1 fully saturated rings. The van der Waals surface area contributed by atoms with Gasteiger partial charge in [0.15, 0.2) is 5.69 Å². The number of rotatable bonds is 4. The largest absolute Gasteiger partial charge is 0.351 e. The Morgan fingerprint density at radius 2 is 1.96 bits per heavy atom. The van der Waals surface area contributed by atoms with Crippen LogP contribution in [0.1, 0.15) is 67.4 Å². The molecule has 0 saturated heterocycles. The van der Waals surface area contributed by atoms with E-state index < -0.39 is 5.54 Å². The number of aromatic nitrogens is 2. The number of hydrogen-bond donors (Lipinski definition) is 2. The number of hydrogen-bond acceptors (Lipinski definition) is 4. The fourth-order valence-corrected chi connectivity index (χ4v) is 3.59. The lowest BCUT2D eigenvalue weighted by Crippen LogP contribution is -2.63. The SMILES string of the molecule is CC(C)NC(=O)c1cc2n(n1)CC(C)(C(=O)NC1CCCC1)N(C)C2=O. The lowest BCUT2D eigenvalue weighted by molar-refractivity contribution is -0.133. The molecule has 1 aromatic heterocycles. The van der Waals surface area contributed by atoms with Crippen LogP contribution in [0.15, 0.2) is 6.07 Å². The first-order valence-electron chi connectivity index (χ1n) is 9.20. The van der Waals surface area contributed by atoms with E-state index in [9.17, 15) is 14.4 Å². The summed E-state index contributed by atoms with van der Waals surface area (Å²) in [5.41, 5.74) is -0.520. The molecule has 0 bridgehead atoms. The van der Waals surface area contributed by atoms with Crippen molar-refractivity contribution in [1.29, 1.82) is 0 Å². The Hall–Kier alpha value is -2.38. The van der Waals surface area contributed by atoms with Crippen LogP contribution in [-0.4, -0.2) is 57.1 Å². The Morgan fingerprint density at radius 1 is 1.31 bits per heavy atom. The highest BCUT2D eigenvalue weighted by atomic mass is 16.2. The van der Waals surface area contributed by atoms with Gasteiger partial charge in [-0.15, -0.1) is 0 Å². The second-order valence-electron chi connectivity index (χ2n) is 7.79. The van der Waals surface area contributed by atoms with Gasteiger partial charge in [-0.05, 0) is 33.6 Å². The first-order chi connectivity index (χ1) is 12.2. The molecular weight excluding hydrogens is 334 g/mol. The van der Waals surface area contributed by atoms with Crippen molar-refractivity contribution in [2.45, 2.75) is 70.6 Å². The summed E-state index contributed by atoms with van der Waals surface area (Å²) in [5.74, 6) is -0.805. The third-order valence-corrected chi connectivity index (χ3v) is 5.33. The molecule has 1 unspecified atom stereocenters. The second-order valence-corrected chi connectivity index (χ2v) is 7.79.